The molecular formula is C13H10FNO3. The molecule has 0 saturated heterocycles. The number of aromatic nitrogens is 1. The molecule has 0 atom stereocenters. The summed E-state index contributed by atoms with van der Waals surface area (Å²) < 4.78 is 18.3. The number of carbonyl (C=O) groups is 1. The van der Waals surface area contributed by atoms with Crippen molar-refractivity contribution in [3.8, 4) is 11.6 Å². The number of nitrogens with zero attached hydrogens (tertiary/aromatic N) is 1. The normalized spacial score (nSPS) is 10.1. The van der Waals surface area contributed by atoms with Crippen LogP contribution in [0.25, 0.3) is 0 Å². The van der Waals surface area contributed by atoms with Crippen molar-refractivity contribution in [2.45, 2.75) is 6.92 Å². The largest absolute Gasteiger partial charge is 0.478 e. The van der Waals surface area contributed by atoms with Crippen molar-refractivity contribution in [2.24, 2.45) is 0 Å². The summed E-state index contributed by atoms with van der Waals surface area (Å²) in [6.45, 7) is 1.69. The van der Waals surface area contributed by atoms with E-state index in [0.717, 1.165) is 0 Å². The Hall–Kier alpha value is -2.43. The zero-order valence-electron chi connectivity index (χ0n) is 9.55. The Morgan fingerprint density at radius 2 is 2.11 bits per heavy atom. The molecule has 0 bridgehead atoms. The second-order valence-corrected chi connectivity index (χ2v) is 3.70. The van der Waals surface area contributed by atoms with Crippen LogP contribution < -0.4 is 4.74 Å². The highest BCUT2D eigenvalue weighted by molar-refractivity contribution is 5.87. The fourth-order valence-corrected chi connectivity index (χ4v) is 1.44. The third-order valence-corrected chi connectivity index (χ3v) is 2.33. The molecule has 1 N–H and O–H groups in total. The summed E-state index contributed by atoms with van der Waals surface area (Å²) in [7, 11) is 0. The van der Waals surface area contributed by atoms with Crippen LogP contribution in [0.1, 0.15) is 15.9 Å². The monoisotopic (exact) mass is 247 g/mol. The molecule has 5 heteroatoms. The van der Waals surface area contributed by atoms with Crippen LogP contribution in [0.4, 0.5) is 4.39 Å². The molecule has 0 unspecified atom stereocenters. The van der Waals surface area contributed by atoms with E-state index >= 15 is 0 Å². The van der Waals surface area contributed by atoms with Crippen molar-refractivity contribution in [1.29, 1.82) is 0 Å². The molecule has 0 spiro atoms. The lowest BCUT2D eigenvalue weighted by atomic mass is 10.2. The fourth-order valence-electron chi connectivity index (χ4n) is 1.44. The highest BCUT2D eigenvalue weighted by Crippen LogP contribution is 2.24. The number of hydrogen-bond acceptors (Lipinski definition) is 3. The van der Waals surface area contributed by atoms with Gasteiger partial charge in [-0.2, -0.15) is 0 Å². The summed E-state index contributed by atoms with van der Waals surface area (Å²) >= 11 is 0. The molecule has 0 aliphatic heterocycles. The summed E-state index contributed by atoms with van der Waals surface area (Å²) in [5.41, 5.74) is 0.692. The van der Waals surface area contributed by atoms with Crippen LogP contribution in [0.15, 0.2) is 36.5 Å². The van der Waals surface area contributed by atoms with Gasteiger partial charge in [-0.3, -0.25) is 0 Å². The summed E-state index contributed by atoms with van der Waals surface area (Å²) in [4.78, 5) is 14.7. The number of benzene rings is 1. The number of hydrogen-bond donors (Lipinski definition) is 1. The summed E-state index contributed by atoms with van der Waals surface area (Å²) in [6.07, 6.45) is 1.34. The standard InChI is InChI=1S/C13H10FNO3/c1-8-6-10(14)2-3-11(8)18-12-7-9(13(16)17)4-5-15-12/h2-7H,1H3,(H,16,17). The van der Waals surface area contributed by atoms with Gasteiger partial charge in [0.15, 0.2) is 0 Å². The summed E-state index contributed by atoms with van der Waals surface area (Å²) in [6, 6.07) is 6.75. The van der Waals surface area contributed by atoms with E-state index < -0.39 is 5.97 Å². The first-order valence-corrected chi connectivity index (χ1v) is 5.19. The number of pyridine rings is 1. The highest BCUT2D eigenvalue weighted by atomic mass is 19.1. The topological polar surface area (TPSA) is 59.4 Å². The molecule has 0 aliphatic rings. The van der Waals surface area contributed by atoms with E-state index in [1.165, 1.54) is 36.5 Å². The molecule has 0 aliphatic carbocycles. The maximum absolute atomic E-state index is 12.9. The van der Waals surface area contributed by atoms with E-state index in [-0.39, 0.29) is 17.3 Å². The third kappa shape index (κ3) is 2.63. The Labute approximate surface area is 103 Å². The van der Waals surface area contributed by atoms with Crippen molar-refractivity contribution >= 4 is 5.97 Å². The van der Waals surface area contributed by atoms with Crippen molar-refractivity contribution in [1.82, 2.24) is 4.98 Å². The van der Waals surface area contributed by atoms with E-state index in [1.54, 1.807) is 6.92 Å². The van der Waals surface area contributed by atoms with E-state index in [0.29, 0.717) is 11.3 Å². The van der Waals surface area contributed by atoms with Gasteiger partial charge < -0.3 is 9.84 Å². The van der Waals surface area contributed by atoms with Crippen LogP contribution >= 0.6 is 0 Å². The van der Waals surface area contributed by atoms with Crippen molar-refractivity contribution in [2.75, 3.05) is 0 Å². The number of rotatable bonds is 3. The quantitative estimate of drug-likeness (QED) is 0.905. The van der Waals surface area contributed by atoms with Crippen molar-refractivity contribution in [3.63, 3.8) is 0 Å². The zero-order chi connectivity index (χ0) is 13.1. The number of aryl methyl sites for hydroxylation is 1. The average molecular weight is 247 g/mol. The van der Waals surface area contributed by atoms with E-state index in [9.17, 15) is 9.18 Å². The molecule has 0 saturated carbocycles. The first-order chi connectivity index (χ1) is 8.56. The van der Waals surface area contributed by atoms with E-state index in [4.69, 9.17) is 9.84 Å². The van der Waals surface area contributed by atoms with Gasteiger partial charge in [0.1, 0.15) is 11.6 Å². The van der Waals surface area contributed by atoms with Crippen LogP contribution in [0, 0.1) is 12.7 Å². The maximum Gasteiger partial charge on any atom is 0.335 e. The van der Waals surface area contributed by atoms with Gasteiger partial charge >= 0.3 is 5.97 Å². The molecule has 2 aromatic rings. The number of carboxylic acids is 1. The summed E-state index contributed by atoms with van der Waals surface area (Å²) in [5.74, 6) is -0.818. The molecule has 1 heterocycles. The molecule has 0 amide bonds. The smallest absolute Gasteiger partial charge is 0.335 e. The third-order valence-electron chi connectivity index (χ3n) is 2.33. The van der Waals surface area contributed by atoms with Gasteiger partial charge in [-0.25, -0.2) is 14.2 Å². The lowest BCUT2D eigenvalue weighted by molar-refractivity contribution is 0.0696. The first kappa shape index (κ1) is 12.0. The van der Waals surface area contributed by atoms with Gasteiger partial charge in [-0.05, 0) is 36.8 Å². The molecule has 92 valence electrons. The van der Waals surface area contributed by atoms with Gasteiger partial charge in [0, 0.05) is 12.3 Å². The SMILES string of the molecule is Cc1cc(F)ccc1Oc1cc(C(=O)O)ccn1. The van der Waals surface area contributed by atoms with Crippen LogP contribution in [0.5, 0.6) is 11.6 Å². The Bertz CT molecular complexity index is 599. The summed E-state index contributed by atoms with van der Waals surface area (Å²) in [5, 5.41) is 8.83. The number of aromatic carboxylic acids is 1. The van der Waals surface area contributed by atoms with Crippen LogP contribution in [0.3, 0.4) is 0 Å². The number of carboxylic acid groups (broad SMARTS) is 1. The minimum Gasteiger partial charge on any atom is -0.478 e. The molecular weight excluding hydrogens is 237 g/mol. The zero-order valence-corrected chi connectivity index (χ0v) is 9.55. The molecule has 4 nitrogen and oxygen atoms in total. The van der Waals surface area contributed by atoms with Crippen LogP contribution in [-0.4, -0.2) is 16.1 Å². The van der Waals surface area contributed by atoms with Crippen molar-refractivity contribution in [3.05, 3.63) is 53.5 Å². The van der Waals surface area contributed by atoms with Gasteiger partial charge in [-0.15, -0.1) is 0 Å². The fraction of sp³-hybridized carbons (Fsp3) is 0.0769. The average Bonchev–Trinajstić information content (AvgIpc) is 2.33. The maximum atomic E-state index is 12.9. The van der Waals surface area contributed by atoms with Crippen LogP contribution in [-0.2, 0) is 0 Å². The predicted octanol–water partition coefficient (Wildman–Crippen LogP) is 3.02. The number of halogens is 1. The minimum atomic E-state index is -1.06. The predicted molar refractivity (Wildman–Crippen MR) is 62.4 cm³/mol. The lowest BCUT2D eigenvalue weighted by Crippen LogP contribution is -1.98. The van der Waals surface area contributed by atoms with E-state index in [1.807, 2.05) is 0 Å². The molecule has 1 aromatic carbocycles. The Kier molecular flexibility index (Phi) is 3.23. The Balaban J connectivity index is 2.28. The molecule has 0 fully saturated rings. The molecule has 1 aromatic heterocycles. The van der Waals surface area contributed by atoms with Crippen molar-refractivity contribution < 1.29 is 19.0 Å². The Morgan fingerprint density at radius 1 is 1.33 bits per heavy atom. The second-order valence-electron chi connectivity index (χ2n) is 3.70. The van der Waals surface area contributed by atoms with Gasteiger partial charge in [0.25, 0.3) is 0 Å². The van der Waals surface area contributed by atoms with Gasteiger partial charge in [0.2, 0.25) is 5.88 Å². The van der Waals surface area contributed by atoms with E-state index in [2.05, 4.69) is 4.98 Å². The van der Waals surface area contributed by atoms with Gasteiger partial charge in [0.05, 0.1) is 5.56 Å². The molecule has 0 radical (unpaired) electrons. The molecule has 18 heavy (non-hydrogen) atoms. The number of ether oxygens (including phenoxy) is 1. The lowest BCUT2D eigenvalue weighted by Gasteiger charge is -2.07. The minimum absolute atomic E-state index is 0.0831. The Morgan fingerprint density at radius 3 is 2.78 bits per heavy atom. The highest BCUT2D eigenvalue weighted by Gasteiger charge is 2.07. The second kappa shape index (κ2) is 4.83. The van der Waals surface area contributed by atoms with Gasteiger partial charge in [-0.1, -0.05) is 0 Å². The molecule has 2 rings (SSSR count). The van der Waals surface area contributed by atoms with Crippen LogP contribution in [0.2, 0.25) is 0 Å². The first-order valence-electron chi connectivity index (χ1n) is 5.19.